The van der Waals surface area contributed by atoms with Crippen LogP contribution in [0.5, 0.6) is 0 Å². The van der Waals surface area contributed by atoms with Crippen LogP contribution in [0.1, 0.15) is 31.9 Å². The predicted molar refractivity (Wildman–Crippen MR) is 59.2 cm³/mol. The van der Waals surface area contributed by atoms with Crippen LogP contribution in [0, 0.1) is 6.92 Å². The zero-order chi connectivity index (χ0) is 9.35. The zero-order valence-electron chi connectivity index (χ0n) is 8.31. The highest BCUT2D eigenvalue weighted by molar-refractivity contribution is 7.27. The van der Waals surface area contributed by atoms with Crippen LogP contribution in [0.15, 0.2) is 18.2 Å². The molecule has 0 fully saturated rings. The lowest BCUT2D eigenvalue weighted by molar-refractivity contribution is 0.594. The summed E-state index contributed by atoms with van der Waals surface area (Å²) in [4.78, 5) is 0. The van der Waals surface area contributed by atoms with Gasteiger partial charge in [-0.3, -0.25) is 0 Å². The number of hydrogen-bond donors (Lipinski definition) is 0. The van der Waals surface area contributed by atoms with Crippen molar-refractivity contribution in [1.29, 1.82) is 0 Å². The van der Waals surface area contributed by atoms with Gasteiger partial charge in [0.15, 0.2) is 0 Å². The summed E-state index contributed by atoms with van der Waals surface area (Å²) in [5.74, 6) is 0. The normalized spacial score (nSPS) is 11.8. The van der Waals surface area contributed by atoms with Crippen LogP contribution in [0.25, 0.3) is 0 Å². The standard InChI is InChI=1S/C11H17P/c1-8-5-6-9(10(12)7-8)11(2,3)4/h5-7H,12H2,1-4H3. The summed E-state index contributed by atoms with van der Waals surface area (Å²) >= 11 is 0. The molecule has 1 rings (SSSR count). The molecule has 0 aliphatic carbocycles. The monoisotopic (exact) mass is 180 g/mol. The van der Waals surface area contributed by atoms with Gasteiger partial charge in [0.1, 0.15) is 0 Å². The molecule has 0 radical (unpaired) electrons. The average Bonchev–Trinajstić information content (AvgIpc) is 1.83. The van der Waals surface area contributed by atoms with Crippen molar-refractivity contribution >= 4 is 14.5 Å². The van der Waals surface area contributed by atoms with Gasteiger partial charge in [-0.2, -0.15) is 0 Å². The molecule has 1 aromatic carbocycles. The Morgan fingerprint density at radius 3 is 2.17 bits per heavy atom. The van der Waals surface area contributed by atoms with Crippen molar-refractivity contribution in [3.05, 3.63) is 29.3 Å². The highest BCUT2D eigenvalue weighted by Gasteiger charge is 2.15. The van der Waals surface area contributed by atoms with Gasteiger partial charge in [-0.25, -0.2) is 0 Å². The molecule has 1 heteroatoms. The van der Waals surface area contributed by atoms with Crippen LogP contribution in [0.3, 0.4) is 0 Å². The van der Waals surface area contributed by atoms with Gasteiger partial charge < -0.3 is 0 Å². The quantitative estimate of drug-likeness (QED) is 0.538. The van der Waals surface area contributed by atoms with Crippen molar-refractivity contribution in [3.63, 3.8) is 0 Å². The van der Waals surface area contributed by atoms with Gasteiger partial charge in [-0.15, -0.1) is 9.24 Å². The van der Waals surface area contributed by atoms with Crippen LogP contribution >= 0.6 is 9.24 Å². The van der Waals surface area contributed by atoms with Crippen molar-refractivity contribution in [1.82, 2.24) is 0 Å². The maximum Gasteiger partial charge on any atom is -0.0126 e. The van der Waals surface area contributed by atoms with Crippen LogP contribution in [-0.4, -0.2) is 0 Å². The van der Waals surface area contributed by atoms with Crippen LogP contribution in [-0.2, 0) is 5.41 Å². The maximum atomic E-state index is 2.81. The van der Waals surface area contributed by atoms with Gasteiger partial charge >= 0.3 is 0 Å². The Bertz CT molecular complexity index is 282. The predicted octanol–water partition coefficient (Wildman–Crippen LogP) is 2.79. The van der Waals surface area contributed by atoms with Gasteiger partial charge in [0.2, 0.25) is 0 Å². The van der Waals surface area contributed by atoms with Gasteiger partial charge in [-0.05, 0) is 23.2 Å². The van der Waals surface area contributed by atoms with Crippen LogP contribution in [0.2, 0.25) is 0 Å². The second-order valence-corrected chi connectivity index (χ2v) is 4.96. The van der Waals surface area contributed by atoms with Gasteiger partial charge in [0, 0.05) is 0 Å². The lowest BCUT2D eigenvalue weighted by atomic mass is 9.86. The van der Waals surface area contributed by atoms with Crippen molar-refractivity contribution in [3.8, 4) is 0 Å². The number of rotatable bonds is 0. The summed E-state index contributed by atoms with van der Waals surface area (Å²) in [6, 6.07) is 6.61. The maximum absolute atomic E-state index is 2.81. The molecule has 0 saturated carbocycles. The van der Waals surface area contributed by atoms with E-state index >= 15 is 0 Å². The molecule has 0 N–H and O–H groups in total. The van der Waals surface area contributed by atoms with Crippen LogP contribution in [0.4, 0.5) is 0 Å². The third-order valence-corrected chi connectivity index (χ3v) is 2.49. The highest BCUT2D eigenvalue weighted by Crippen LogP contribution is 2.22. The highest BCUT2D eigenvalue weighted by atomic mass is 31.0. The molecular formula is C11H17P. The largest absolute Gasteiger partial charge is 0.105 e. The smallest absolute Gasteiger partial charge is 0.0126 e. The molecule has 0 amide bonds. The van der Waals surface area contributed by atoms with Crippen molar-refractivity contribution < 1.29 is 0 Å². The fourth-order valence-electron chi connectivity index (χ4n) is 1.37. The second-order valence-electron chi connectivity index (χ2n) is 4.34. The van der Waals surface area contributed by atoms with E-state index in [2.05, 4.69) is 55.1 Å². The average molecular weight is 180 g/mol. The van der Waals surface area contributed by atoms with E-state index in [1.807, 2.05) is 0 Å². The topological polar surface area (TPSA) is 0 Å². The Kier molecular flexibility index (Phi) is 2.58. The molecule has 66 valence electrons. The third-order valence-electron chi connectivity index (χ3n) is 2.02. The zero-order valence-corrected chi connectivity index (χ0v) is 9.46. The first-order valence-corrected chi connectivity index (χ1v) is 4.85. The minimum Gasteiger partial charge on any atom is -0.105 e. The van der Waals surface area contributed by atoms with E-state index in [9.17, 15) is 0 Å². The molecule has 1 unspecified atom stereocenters. The number of benzene rings is 1. The molecule has 12 heavy (non-hydrogen) atoms. The molecule has 0 saturated heterocycles. The fraction of sp³-hybridized carbons (Fsp3) is 0.455. The summed E-state index contributed by atoms with van der Waals surface area (Å²) in [6.45, 7) is 8.85. The first-order valence-electron chi connectivity index (χ1n) is 4.28. The Balaban J connectivity index is 3.19. The fourth-order valence-corrected chi connectivity index (χ4v) is 2.16. The molecule has 1 atom stereocenters. The van der Waals surface area contributed by atoms with E-state index in [1.54, 1.807) is 0 Å². The van der Waals surface area contributed by atoms with Crippen molar-refractivity contribution in [2.75, 3.05) is 0 Å². The van der Waals surface area contributed by atoms with Gasteiger partial charge in [0.25, 0.3) is 0 Å². The summed E-state index contributed by atoms with van der Waals surface area (Å²) in [5.41, 5.74) is 3.00. The van der Waals surface area contributed by atoms with Gasteiger partial charge in [0.05, 0.1) is 0 Å². The van der Waals surface area contributed by atoms with E-state index < -0.39 is 0 Å². The van der Waals surface area contributed by atoms with E-state index in [1.165, 1.54) is 16.4 Å². The number of aryl methyl sites for hydroxylation is 1. The molecule has 0 aliphatic heterocycles. The Morgan fingerprint density at radius 1 is 1.17 bits per heavy atom. The van der Waals surface area contributed by atoms with E-state index in [-0.39, 0.29) is 5.41 Å². The first-order chi connectivity index (χ1) is 5.41. The summed E-state index contributed by atoms with van der Waals surface area (Å²) < 4.78 is 0. The summed E-state index contributed by atoms with van der Waals surface area (Å²) in [6.07, 6.45) is 0. The lowest BCUT2D eigenvalue weighted by Crippen LogP contribution is -2.18. The second kappa shape index (κ2) is 3.18. The Labute approximate surface area is 77.6 Å². The first kappa shape index (κ1) is 9.74. The Hall–Kier alpha value is -0.350. The molecule has 0 spiro atoms. The summed E-state index contributed by atoms with van der Waals surface area (Å²) in [7, 11) is 2.81. The van der Waals surface area contributed by atoms with Gasteiger partial charge in [-0.1, -0.05) is 44.5 Å². The minimum absolute atomic E-state index is 0.255. The minimum atomic E-state index is 0.255. The third kappa shape index (κ3) is 2.08. The SMILES string of the molecule is Cc1ccc(C(C)(C)C)c(P)c1. The molecule has 0 nitrogen and oxygen atoms in total. The molecule has 0 heterocycles. The van der Waals surface area contributed by atoms with Crippen LogP contribution < -0.4 is 5.30 Å². The van der Waals surface area contributed by atoms with Crippen molar-refractivity contribution in [2.24, 2.45) is 0 Å². The molecule has 1 aromatic rings. The number of hydrogen-bond acceptors (Lipinski definition) is 0. The molecule has 0 aliphatic rings. The molecular weight excluding hydrogens is 163 g/mol. The van der Waals surface area contributed by atoms with E-state index in [0.29, 0.717) is 0 Å². The summed E-state index contributed by atoms with van der Waals surface area (Å²) in [5, 5.41) is 1.32. The van der Waals surface area contributed by atoms with E-state index in [4.69, 9.17) is 0 Å². The molecule has 0 bridgehead atoms. The molecule has 0 aromatic heterocycles. The van der Waals surface area contributed by atoms with E-state index in [0.717, 1.165) is 0 Å². The van der Waals surface area contributed by atoms with Crippen molar-refractivity contribution in [2.45, 2.75) is 33.1 Å². The Morgan fingerprint density at radius 2 is 1.75 bits per heavy atom. The lowest BCUT2D eigenvalue weighted by Gasteiger charge is -2.21.